The summed E-state index contributed by atoms with van der Waals surface area (Å²) in [6, 6.07) is 8.18. The number of hydrogen-bond acceptors (Lipinski definition) is 7. The summed E-state index contributed by atoms with van der Waals surface area (Å²) in [5, 5.41) is 0.486. The van der Waals surface area contributed by atoms with E-state index in [9.17, 15) is 18.0 Å². The lowest BCUT2D eigenvalue weighted by atomic mass is 10.1. The van der Waals surface area contributed by atoms with Gasteiger partial charge in [-0.15, -0.1) is 0 Å². The molecule has 31 heavy (non-hydrogen) atoms. The molecule has 1 heterocycles. The Labute approximate surface area is 189 Å². The average Bonchev–Trinajstić information content (AvgIpc) is 2.79. The van der Waals surface area contributed by atoms with Crippen LogP contribution in [0.1, 0.15) is 20.7 Å². The van der Waals surface area contributed by atoms with Crippen LogP contribution in [0.4, 0.5) is 0 Å². The highest BCUT2D eigenvalue weighted by Gasteiger charge is 2.28. The van der Waals surface area contributed by atoms with Gasteiger partial charge in [-0.2, -0.15) is 4.31 Å². The predicted octanol–water partition coefficient (Wildman–Crippen LogP) is 3.06. The van der Waals surface area contributed by atoms with Crippen molar-refractivity contribution in [2.45, 2.75) is 4.90 Å². The topological polar surface area (TPSA) is 99.2 Å². The maximum Gasteiger partial charge on any atom is 0.342 e. The highest BCUT2D eigenvalue weighted by atomic mass is 35.5. The molecule has 0 spiro atoms. The third-order valence-electron chi connectivity index (χ3n) is 4.57. The minimum atomic E-state index is -3.83. The van der Waals surface area contributed by atoms with Crippen LogP contribution < -0.4 is 4.74 Å². The summed E-state index contributed by atoms with van der Waals surface area (Å²) in [5.74, 6) is -1.28. The van der Waals surface area contributed by atoms with Crippen LogP contribution >= 0.6 is 23.2 Å². The number of sulfonamides is 1. The molecular weight excluding hydrogens is 469 g/mol. The SMILES string of the molecule is COc1ccc(S(=O)(=O)N2CCOCC2)cc1C(=O)OCC(=O)c1ccc(Cl)c(Cl)c1. The molecule has 3 rings (SSSR count). The molecule has 1 aliphatic heterocycles. The molecule has 0 radical (unpaired) electrons. The second-order valence-electron chi connectivity index (χ2n) is 6.51. The van der Waals surface area contributed by atoms with Crippen LogP contribution in [0.3, 0.4) is 0 Å². The molecule has 166 valence electrons. The van der Waals surface area contributed by atoms with Gasteiger partial charge in [-0.05, 0) is 36.4 Å². The van der Waals surface area contributed by atoms with Crippen molar-refractivity contribution in [2.24, 2.45) is 0 Å². The fourth-order valence-corrected chi connectivity index (χ4v) is 4.64. The van der Waals surface area contributed by atoms with Gasteiger partial charge in [0.15, 0.2) is 12.4 Å². The predicted molar refractivity (Wildman–Crippen MR) is 114 cm³/mol. The molecular formula is C20H19Cl2NO7S. The molecule has 1 aliphatic rings. The van der Waals surface area contributed by atoms with Gasteiger partial charge in [0.25, 0.3) is 0 Å². The number of methoxy groups -OCH3 is 1. The summed E-state index contributed by atoms with van der Waals surface area (Å²) in [6.45, 7) is 0.446. The van der Waals surface area contributed by atoms with Gasteiger partial charge in [0.1, 0.15) is 11.3 Å². The smallest absolute Gasteiger partial charge is 0.342 e. The Balaban J connectivity index is 1.78. The summed E-state index contributed by atoms with van der Waals surface area (Å²) in [7, 11) is -2.49. The zero-order valence-electron chi connectivity index (χ0n) is 16.5. The minimum absolute atomic E-state index is 0.0852. The Hall–Kier alpha value is -2.17. The van der Waals surface area contributed by atoms with Crippen LogP contribution in [0.5, 0.6) is 5.75 Å². The minimum Gasteiger partial charge on any atom is -0.496 e. The molecule has 0 aromatic heterocycles. The van der Waals surface area contributed by atoms with Gasteiger partial charge in [0.2, 0.25) is 10.0 Å². The third kappa shape index (κ3) is 5.36. The van der Waals surface area contributed by atoms with E-state index in [1.165, 1.54) is 47.8 Å². The van der Waals surface area contributed by atoms with Crippen LogP contribution in [-0.4, -0.2) is 64.5 Å². The molecule has 0 atom stereocenters. The Morgan fingerprint density at radius 2 is 1.77 bits per heavy atom. The van der Waals surface area contributed by atoms with E-state index in [0.717, 1.165) is 0 Å². The van der Waals surface area contributed by atoms with Gasteiger partial charge >= 0.3 is 5.97 Å². The fraction of sp³-hybridized carbons (Fsp3) is 0.300. The number of morpholine rings is 1. The van der Waals surface area contributed by atoms with Gasteiger partial charge in [-0.1, -0.05) is 23.2 Å². The van der Waals surface area contributed by atoms with Crippen molar-refractivity contribution in [1.82, 2.24) is 4.31 Å². The molecule has 0 aliphatic carbocycles. The van der Waals surface area contributed by atoms with E-state index in [2.05, 4.69) is 0 Å². The average molecular weight is 488 g/mol. The fourth-order valence-electron chi connectivity index (χ4n) is 2.90. The number of Topliss-reactive ketones (excluding diaryl/α,β-unsaturated/α-hetero) is 1. The number of ketones is 1. The molecule has 0 unspecified atom stereocenters. The molecule has 1 saturated heterocycles. The summed E-state index contributed by atoms with van der Waals surface area (Å²) in [4.78, 5) is 24.8. The largest absolute Gasteiger partial charge is 0.496 e. The highest BCUT2D eigenvalue weighted by Crippen LogP contribution is 2.26. The number of ether oxygens (including phenoxy) is 3. The zero-order chi connectivity index (χ0) is 22.6. The lowest BCUT2D eigenvalue weighted by Gasteiger charge is -2.26. The molecule has 2 aromatic carbocycles. The summed E-state index contributed by atoms with van der Waals surface area (Å²) >= 11 is 11.7. The first kappa shape index (κ1) is 23.5. The van der Waals surface area contributed by atoms with Gasteiger partial charge in [-0.25, -0.2) is 13.2 Å². The standard InChI is InChI=1S/C20H19Cl2NO7S/c1-28-19-5-3-14(31(26,27)23-6-8-29-9-7-23)11-15(19)20(25)30-12-18(24)13-2-4-16(21)17(22)10-13/h2-5,10-11H,6-9,12H2,1H3. The van der Waals surface area contributed by atoms with Crippen molar-refractivity contribution < 1.29 is 32.2 Å². The van der Waals surface area contributed by atoms with Crippen LogP contribution in [0.25, 0.3) is 0 Å². The summed E-state index contributed by atoms with van der Waals surface area (Å²) in [5.41, 5.74) is 0.108. The van der Waals surface area contributed by atoms with Crippen molar-refractivity contribution in [2.75, 3.05) is 40.0 Å². The Morgan fingerprint density at radius 3 is 2.42 bits per heavy atom. The molecule has 0 N–H and O–H groups in total. The Bertz CT molecular complexity index is 1100. The molecule has 0 saturated carbocycles. The van der Waals surface area contributed by atoms with Crippen molar-refractivity contribution in [3.63, 3.8) is 0 Å². The summed E-state index contributed by atoms with van der Waals surface area (Å²) < 4.78 is 42.5. The van der Waals surface area contributed by atoms with E-state index < -0.39 is 28.4 Å². The van der Waals surface area contributed by atoms with Gasteiger partial charge in [-0.3, -0.25) is 4.79 Å². The highest BCUT2D eigenvalue weighted by molar-refractivity contribution is 7.89. The van der Waals surface area contributed by atoms with Crippen LogP contribution in [0.15, 0.2) is 41.3 Å². The van der Waals surface area contributed by atoms with Gasteiger partial charge < -0.3 is 14.2 Å². The van der Waals surface area contributed by atoms with Crippen LogP contribution in [-0.2, 0) is 19.5 Å². The molecule has 1 fully saturated rings. The Kier molecular flexibility index (Phi) is 7.55. The van der Waals surface area contributed by atoms with E-state index in [4.69, 9.17) is 37.4 Å². The van der Waals surface area contributed by atoms with Gasteiger partial charge in [0.05, 0.1) is 35.3 Å². The maximum absolute atomic E-state index is 12.9. The number of halogens is 2. The first-order valence-electron chi connectivity index (χ1n) is 9.15. The lowest BCUT2D eigenvalue weighted by molar-refractivity contribution is 0.0471. The molecule has 0 bridgehead atoms. The number of carbonyl (C=O) groups excluding carboxylic acids is 2. The number of hydrogen-bond donors (Lipinski definition) is 0. The maximum atomic E-state index is 12.9. The second kappa shape index (κ2) is 9.97. The van der Waals surface area contributed by atoms with E-state index in [-0.39, 0.29) is 39.9 Å². The molecule has 2 aromatic rings. The Morgan fingerprint density at radius 1 is 1.06 bits per heavy atom. The van der Waals surface area contributed by atoms with E-state index >= 15 is 0 Å². The first-order chi connectivity index (χ1) is 14.7. The van der Waals surface area contributed by atoms with Crippen molar-refractivity contribution in [3.8, 4) is 5.75 Å². The zero-order valence-corrected chi connectivity index (χ0v) is 18.8. The van der Waals surface area contributed by atoms with Crippen molar-refractivity contribution >= 4 is 45.0 Å². The van der Waals surface area contributed by atoms with Gasteiger partial charge in [0, 0.05) is 18.7 Å². The monoisotopic (exact) mass is 487 g/mol. The number of rotatable bonds is 7. The second-order valence-corrected chi connectivity index (χ2v) is 9.26. The number of carbonyl (C=O) groups is 2. The molecule has 0 amide bonds. The number of benzene rings is 2. The van der Waals surface area contributed by atoms with E-state index in [1.807, 2.05) is 0 Å². The van der Waals surface area contributed by atoms with Crippen molar-refractivity contribution in [1.29, 1.82) is 0 Å². The number of esters is 1. The first-order valence-corrected chi connectivity index (χ1v) is 11.3. The third-order valence-corrected chi connectivity index (χ3v) is 7.21. The number of nitrogens with zero attached hydrogens (tertiary/aromatic N) is 1. The van der Waals surface area contributed by atoms with Crippen LogP contribution in [0.2, 0.25) is 10.0 Å². The van der Waals surface area contributed by atoms with Crippen molar-refractivity contribution in [3.05, 3.63) is 57.6 Å². The van der Waals surface area contributed by atoms with Crippen LogP contribution in [0, 0.1) is 0 Å². The molecule has 8 nitrogen and oxygen atoms in total. The van der Waals surface area contributed by atoms with E-state index in [1.54, 1.807) is 0 Å². The summed E-state index contributed by atoms with van der Waals surface area (Å²) in [6.07, 6.45) is 0. The quantitative estimate of drug-likeness (QED) is 0.436. The normalized spacial score (nSPS) is 14.8. The molecule has 11 heteroatoms. The van der Waals surface area contributed by atoms with E-state index in [0.29, 0.717) is 18.2 Å². The lowest BCUT2D eigenvalue weighted by Crippen LogP contribution is -2.40.